The summed E-state index contributed by atoms with van der Waals surface area (Å²) in [4.78, 5) is 15.3. The number of hydrogen-bond donors (Lipinski definition) is 0. The smallest absolute Gasteiger partial charge is 0.233 e. The molecule has 0 aliphatic heterocycles. The zero-order valence-corrected chi connectivity index (χ0v) is 16.0. The number of benzene rings is 2. The minimum absolute atomic E-state index is 0.0765. The van der Waals surface area contributed by atoms with E-state index in [1.165, 1.54) is 0 Å². The van der Waals surface area contributed by atoms with E-state index in [0.717, 1.165) is 23.3 Å². The first-order chi connectivity index (χ1) is 12.9. The standard InChI is InChI=1S/C21H23N3O3/c1-20(2)13-21(20,15-6-8-16(26-4)9-7-15)19(25)24(3)12-14-5-10-17-18(11-14)23-27-22-17/h5-11H,12-13H2,1-4H3. The van der Waals surface area contributed by atoms with Crippen molar-refractivity contribution in [3.63, 3.8) is 0 Å². The van der Waals surface area contributed by atoms with Crippen LogP contribution in [-0.4, -0.2) is 35.3 Å². The number of amides is 1. The molecule has 1 fully saturated rings. The molecule has 1 amide bonds. The van der Waals surface area contributed by atoms with E-state index in [9.17, 15) is 4.79 Å². The summed E-state index contributed by atoms with van der Waals surface area (Å²) in [5.74, 6) is 0.929. The van der Waals surface area contributed by atoms with Crippen LogP contribution in [0.3, 0.4) is 0 Å². The van der Waals surface area contributed by atoms with Crippen LogP contribution in [0.15, 0.2) is 47.1 Å². The van der Waals surface area contributed by atoms with E-state index in [1.54, 1.807) is 12.0 Å². The molecule has 1 aliphatic rings. The zero-order valence-electron chi connectivity index (χ0n) is 16.0. The minimum Gasteiger partial charge on any atom is -0.497 e. The van der Waals surface area contributed by atoms with E-state index in [4.69, 9.17) is 9.37 Å². The first-order valence-electron chi connectivity index (χ1n) is 8.99. The van der Waals surface area contributed by atoms with Gasteiger partial charge in [0, 0.05) is 13.6 Å². The Balaban J connectivity index is 1.60. The van der Waals surface area contributed by atoms with Crippen LogP contribution < -0.4 is 4.74 Å². The first-order valence-corrected chi connectivity index (χ1v) is 8.99. The molecule has 1 aliphatic carbocycles. The molecule has 1 heterocycles. The van der Waals surface area contributed by atoms with E-state index < -0.39 is 5.41 Å². The summed E-state index contributed by atoms with van der Waals surface area (Å²) in [7, 11) is 3.50. The van der Waals surface area contributed by atoms with Crippen LogP contribution in [0.1, 0.15) is 31.4 Å². The molecule has 140 valence electrons. The average Bonchev–Trinajstić information content (AvgIpc) is 3.01. The summed E-state index contributed by atoms with van der Waals surface area (Å²) in [6.07, 6.45) is 0.835. The molecule has 1 aromatic heterocycles. The van der Waals surface area contributed by atoms with E-state index in [-0.39, 0.29) is 11.3 Å². The summed E-state index contributed by atoms with van der Waals surface area (Å²) in [6.45, 7) is 4.81. The lowest BCUT2D eigenvalue weighted by Crippen LogP contribution is -2.38. The molecule has 0 radical (unpaired) electrons. The predicted octanol–water partition coefficient (Wildman–Crippen LogP) is 3.56. The number of ether oxygens (including phenoxy) is 1. The van der Waals surface area contributed by atoms with Crippen molar-refractivity contribution >= 4 is 16.9 Å². The number of carbonyl (C=O) groups excluding carboxylic acids is 1. The van der Waals surface area contributed by atoms with Crippen molar-refractivity contribution in [2.75, 3.05) is 14.2 Å². The van der Waals surface area contributed by atoms with Crippen molar-refractivity contribution in [2.45, 2.75) is 32.2 Å². The predicted molar refractivity (Wildman–Crippen MR) is 101 cm³/mol. The maximum absolute atomic E-state index is 13.5. The van der Waals surface area contributed by atoms with Gasteiger partial charge in [0.1, 0.15) is 16.8 Å². The van der Waals surface area contributed by atoms with Crippen LogP contribution in [0.2, 0.25) is 0 Å². The third-order valence-electron chi connectivity index (χ3n) is 5.77. The van der Waals surface area contributed by atoms with Crippen molar-refractivity contribution in [1.29, 1.82) is 0 Å². The SMILES string of the molecule is COc1ccc(C2(C(=O)N(C)Cc3ccc4nonc4c3)CC2(C)C)cc1. The summed E-state index contributed by atoms with van der Waals surface area (Å²) in [6, 6.07) is 13.6. The highest BCUT2D eigenvalue weighted by atomic mass is 16.6. The van der Waals surface area contributed by atoms with Crippen molar-refractivity contribution in [3.05, 3.63) is 53.6 Å². The Morgan fingerprint density at radius 2 is 1.81 bits per heavy atom. The van der Waals surface area contributed by atoms with Gasteiger partial charge in [-0.25, -0.2) is 4.63 Å². The zero-order chi connectivity index (χ0) is 19.2. The number of rotatable bonds is 5. The maximum Gasteiger partial charge on any atom is 0.233 e. The van der Waals surface area contributed by atoms with Crippen LogP contribution in [0, 0.1) is 5.41 Å². The Hall–Kier alpha value is -2.89. The van der Waals surface area contributed by atoms with Crippen LogP contribution in [-0.2, 0) is 16.8 Å². The Kier molecular flexibility index (Phi) is 3.94. The van der Waals surface area contributed by atoms with Gasteiger partial charge in [-0.1, -0.05) is 32.0 Å². The van der Waals surface area contributed by atoms with E-state index in [2.05, 4.69) is 24.2 Å². The van der Waals surface area contributed by atoms with Crippen molar-refractivity contribution in [2.24, 2.45) is 5.41 Å². The number of nitrogens with zero attached hydrogens (tertiary/aromatic N) is 3. The highest BCUT2D eigenvalue weighted by molar-refractivity contribution is 5.93. The van der Waals surface area contributed by atoms with Gasteiger partial charge in [0.2, 0.25) is 5.91 Å². The van der Waals surface area contributed by atoms with Gasteiger partial charge >= 0.3 is 0 Å². The molecule has 4 rings (SSSR count). The first kappa shape index (κ1) is 17.5. The lowest BCUT2D eigenvalue weighted by Gasteiger charge is -2.27. The Bertz CT molecular complexity index is 993. The third kappa shape index (κ3) is 2.76. The van der Waals surface area contributed by atoms with Gasteiger partial charge in [0.25, 0.3) is 0 Å². The van der Waals surface area contributed by atoms with Crippen LogP contribution in [0.5, 0.6) is 5.75 Å². The molecule has 0 saturated heterocycles. The van der Waals surface area contributed by atoms with Gasteiger partial charge in [-0.2, -0.15) is 0 Å². The topological polar surface area (TPSA) is 68.5 Å². The number of methoxy groups -OCH3 is 1. The van der Waals surface area contributed by atoms with E-state index in [1.807, 2.05) is 49.5 Å². The molecule has 27 heavy (non-hydrogen) atoms. The Morgan fingerprint density at radius 3 is 2.44 bits per heavy atom. The fraction of sp³-hybridized carbons (Fsp3) is 0.381. The molecule has 1 atom stereocenters. The lowest BCUT2D eigenvalue weighted by molar-refractivity contribution is -0.134. The van der Waals surface area contributed by atoms with Gasteiger partial charge in [0.05, 0.1) is 12.5 Å². The summed E-state index contributed by atoms with van der Waals surface area (Å²) in [5, 5.41) is 7.70. The average molecular weight is 365 g/mol. The summed E-state index contributed by atoms with van der Waals surface area (Å²) >= 11 is 0. The minimum atomic E-state index is -0.492. The second-order valence-corrected chi connectivity index (χ2v) is 7.94. The summed E-state index contributed by atoms with van der Waals surface area (Å²) < 4.78 is 10.0. The molecule has 2 aromatic carbocycles. The molecule has 6 heteroatoms. The monoisotopic (exact) mass is 365 g/mol. The molecular formula is C21H23N3O3. The van der Waals surface area contributed by atoms with Gasteiger partial charge in [0.15, 0.2) is 0 Å². The number of aromatic nitrogens is 2. The highest BCUT2D eigenvalue weighted by Crippen LogP contribution is 2.65. The van der Waals surface area contributed by atoms with Crippen molar-refractivity contribution in [3.8, 4) is 5.75 Å². The summed E-state index contributed by atoms with van der Waals surface area (Å²) in [5.41, 5.74) is 2.88. The quantitative estimate of drug-likeness (QED) is 0.691. The largest absolute Gasteiger partial charge is 0.497 e. The Labute approximate surface area is 158 Å². The van der Waals surface area contributed by atoms with Gasteiger partial charge in [-0.05, 0) is 57.5 Å². The molecule has 6 nitrogen and oxygen atoms in total. The van der Waals surface area contributed by atoms with Crippen molar-refractivity contribution < 1.29 is 14.2 Å². The molecule has 3 aromatic rings. The fourth-order valence-electron chi connectivity index (χ4n) is 4.07. The molecule has 0 bridgehead atoms. The fourth-order valence-corrected chi connectivity index (χ4v) is 4.07. The van der Waals surface area contributed by atoms with Gasteiger partial charge in [-0.3, -0.25) is 4.79 Å². The molecule has 0 N–H and O–H groups in total. The number of fused-ring (bicyclic) bond motifs is 1. The molecule has 1 saturated carbocycles. The van der Waals surface area contributed by atoms with Crippen LogP contribution in [0.25, 0.3) is 11.0 Å². The second-order valence-electron chi connectivity index (χ2n) is 7.94. The molecular weight excluding hydrogens is 342 g/mol. The number of hydrogen-bond acceptors (Lipinski definition) is 5. The van der Waals surface area contributed by atoms with Crippen LogP contribution in [0.4, 0.5) is 0 Å². The van der Waals surface area contributed by atoms with E-state index in [0.29, 0.717) is 17.6 Å². The molecule has 1 unspecified atom stereocenters. The van der Waals surface area contributed by atoms with E-state index >= 15 is 0 Å². The van der Waals surface area contributed by atoms with Gasteiger partial charge in [-0.15, -0.1) is 0 Å². The lowest BCUT2D eigenvalue weighted by atomic mass is 9.86. The van der Waals surface area contributed by atoms with Crippen LogP contribution >= 0.6 is 0 Å². The van der Waals surface area contributed by atoms with Crippen molar-refractivity contribution in [1.82, 2.24) is 15.2 Å². The highest BCUT2D eigenvalue weighted by Gasteiger charge is 2.67. The Morgan fingerprint density at radius 1 is 1.15 bits per heavy atom. The second kappa shape index (κ2) is 6.08. The number of likely N-dealkylation sites (N-methyl/N-ethyl adjacent to an activating group) is 1. The normalized spacial score (nSPS) is 20.4. The van der Waals surface area contributed by atoms with Gasteiger partial charge < -0.3 is 9.64 Å². The maximum atomic E-state index is 13.5. The third-order valence-corrected chi connectivity index (χ3v) is 5.77. The number of carbonyl (C=O) groups is 1. The molecule has 0 spiro atoms.